The highest BCUT2D eigenvalue weighted by atomic mass is 19.1. The van der Waals surface area contributed by atoms with E-state index < -0.39 is 17.2 Å². The minimum absolute atomic E-state index is 0.00241. The topological polar surface area (TPSA) is 78.2 Å². The molecule has 1 aromatic heterocycles. The van der Waals surface area contributed by atoms with E-state index in [9.17, 15) is 18.3 Å². The van der Waals surface area contributed by atoms with Crippen molar-refractivity contribution in [2.24, 2.45) is 0 Å². The van der Waals surface area contributed by atoms with Crippen LogP contribution in [0.1, 0.15) is 16.7 Å². The average molecular weight is 480 g/mol. The van der Waals surface area contributed by atoms with Crippen molar-refractivity contribution in [1.82, 2.24) is 19.8 Å². The first-order valence-corrected chi connectivity index (χ1v) is 11.0. The number of hydrogen-bond donors (Lipinski definition) is 3. The Labute approximate surface area is 199 Å². The molecule has 180 valence electrons. The second-order valence-electron chi connectivity index (χ2n) is 8.57. The molecule has 7 nitrogen and oxygen atoms in total. The van der Waals surface area contributed by atoms with Gasteiger partial charge in [-0.3, -0.25) is 0 Å². The van der Waals surface area contributed by atoms with Crippen LogP contribution >= 0.6 is 0 Å². The van der Waals surface area contributed by atoms with Gasteiger partial charge in [0.05, 0.1) is 18.8 Å². The van der Waals surface area contributed by atoms with Gasteiger partial charge in [-0.2, -0.15) is 5.10 Å². The summed E-state index contributed by atoms with van der Waals surface area (Å²) in [5, 5.41) is 20.7. The molecule has 3 aromatic carbocycles. The molecule has 1 aliphatic rings. The summed E-state index contributed by atoms with van der Waals surface area (Å²) >= 11 is 0. The minimum atomic E-state index is -1.72. The summed E-state index contributed by atoms with van der Waals surface area (Å²) in [4.78, 5) is 3.89. The summed E-state index contributed by atoms with van der Waals surface area (Å²) in [5.41, 5.74) is 5.17. The van der Waals surface area contributed by atoms with Gasteiger partial charge >= 0.3 is 0 Å². The number of aliphatic hydroxyl groups is 1. The number of halogens is 3. The van der Waals surface area contributed by atoms with Crippen LogP contribution in [0.5, 0.6) is 0 Å². The maximum atomic E-state index is 14.7. The number of nitrogens with zero attached hydrogens (tertiary/aromatic N) is 4. The lowest BCUT2D eigenvalue weighted by molar-refractivity contribution is -0.0160. The van der Waals surface area contributed by atoms with Crippen LogP contribution in [0.15, 0.2) is 73.3 Å². The van der Waals surface area contributed by atoms with Gasteiger partial charge in [-0.05, 0) is 47.5 Å². The van der Waals surface area contributed by atoms with Crippen LogP contribution < -0.4 is 10.7 Å². The van der Waals surface area contributed by atoms with E-state index >= 15 is 0 Å². The molecular formula is C25H23F3N6O. The summed E-state index contributed by atoms with van der Waals surface area (Å²) in [7, 11) is 0. The molecule has 0 fully saturated rings. The predicted molar refractivity (Wildman–Crippen MR) is 124 cm³/mol. The molecule has 5 rings (SSSR count). The molecule has 1 unspecified atom stereocenters. The van der Waals surface area contributed by atoms with Gasteiger partial charge in [-0.1, -0.05) is 18.2 Å². The van der Waals surface area contributed by atoms with Crippen LogP contribution in [0, 0.1) is 17.5 Å². The summed E-state index contributed by atoms with van der Waals surface area (Å²) in [6.45, 7) is 0.915. The van der Waals surface area contributed by atoms with E-state index in [1.807, 2.05) is 18.2 Å². The molecule has 4 aromatic rings. The zero-order chi connectivity index (χ0) is 24.4. The molecule has 0 saturated heterocycles. The third-order valence-corrected chi connectivity index (χ3v) is 5.93. The van der Waals surface area contributed by atoms with Crippen LogP contribution in [-0.4, -0.2) is 31.4 Å². The lowest BCUT2D eigenvalue weighted by Gasteiger charge is -2.33. The smallest absolute Gasteiger partial charge is 0.137 e. The molecule has 0 radical (unpaired) electrons. The number of benzene rings is 3. The Bertz CT molecular complexity index is 1320. The summed E-state index contributed by atoms with van der Waals surface area (Å²) < 4.78 is 42.7. The molecule has 10 heteroatoms. The molecule has 0 aliphatic carbocycles. The van der Waals surface area contributed by atoms with Crippen molar-refractivity contribution < 1.29 is 18.3 Å². The van der Waals surface area contributed by atoms with Gasteiger partial charge in [0.15, 0.2) is 0 Å². The van der Waals surface area contributed by atoms with Gasteiger partial charge in [0.2, 0.25) is 0 Å². The predicted octanol–water partition coefficient (Wildman–Crippen LogP) is 4.04. The fraction of sp³-hybridized carbons (Fsp3) is 0.200. The molecule has 0 spiro atoms. The van der Waals surface area contributed by atoms with Crippen molar-refractivity contribution in [2.45, 2.75) is 25.2 Å². The first kappa shape index (κ1) is 22.9. The Balaban J connectivity index is 1.32. The largest absolute Gasteiger partial charge is 0.382 e. The molecule has 3 N–H and O–H groups in total. The van der Waals surface area contributed by atoms with Crippen molar-refractivity contribution in [3.8, 4) is 0 Å². The molecule has 1 aliphatic heterocycles. The van der Waals surface area contributed by atoms with E-state index in [-0.39, 0.29) is 24.5 Å². The number of anilines is 2. The molecule has 0 bridgehead atoms. The van der Waals surface area contributed by atoms with Crippen molar-refractivity contribution in [2.75, 3.05) is 17.3 Å². The summed E-state index contributed by atoms with van der Waals surface area (Å²) in [6.07, 6.45) is 2.75. The van der Waals surface area contributed by atoms with Crippen molar-refractivity contribution in [3.05, 3.63) is 107 Å². The molecule has 0 amide bonds. The lowest BCUT2D eigenvalue weighted by Crippen LogP contribution is -2.45. The highest BCUT2D eigenvalue weighted by Crippen LogP contribution is 2.33. The van der Waals surface area contributed by atoms with Crippen LogP contribution in [0.4, 0.5) is 24.5 Å². The number of rotatable bonds is 8. The summed E-state index contributed by atoms with van der Waals surface area (Å²) in [6, 6.07) is 15.2. The van der Waals surface area contributed by atoms with Gasteiger partial charge < -0.3 is 15.8 Å². The second kappa shape index (κ2) is 9.40. The van der Waals surface area contributed by atoms with Crippen LogP contribution in [0.3, 0.4) is 0 Å². The van der Waals surface area contributed by atoms with E-state index in [0.29, 0.717) is 13.1 Å². The van der Waals surface area contributed by atoms with Crippen LogP contribution in [-0.2, 0) is 25.2 Å². The quantitative estimate of drug-likeness (QED) is 0.353. The first-order valence-electron chi connectivity index (χ1n) is 11.0. The number of nitrogens with one attached hydrogen (secondary N) is 2. The van der Waals surface area contributed by atoms with E-state index in [2.05, 4.69) is 20.8 Å². The zero-order valence-electron chi connectivity index (χ0n) is 18.6. The summed E-state index contributed by atoms with van der Waals surface area (Å²) in [5.74, 6) is -1.83. The van der Waals surface area contributed by atoms with Crippen LogP contribution in [0.25, 0.3) is 0 Å². The van der Waals surface area contributed by atoms with Gasteiger partial charge in [0, 0.05) is 30.4 Å². The fourth-order valence-corrected chi connectivity index (χ4v) is 4.25. The SMILES string of the molecule is OC(CN1Cc2cc(NCc3ccc(F)cc3)ccc2N1)(Cn1cncn1)c1ccc(F)cc1F. The Morgan fingerprint density at radius 3 is 2.51 bits per heavy atom. The third-order valence-electron chi connectivity index (χ3n) is 5.93. The van der Waals surface area contributed by atoms with Crippen LogP contribution in [0.2, 0.25) is 0 Å². The van der Waals surface area contributed by atoms with Crippen molar-refractivity contribution >= 4 is 11.4 Å². The number of β-amino-alcohol motifs (C(OH)–C–C–N with tert-alkyl or cyclic N) is 1. The van der Waals surface area contributed by atoms with Gasteiger partial charge in [-0.15, -0.1) is 0 Å². The normalized spacial score (nSPS) is 14.9. The highest BCUT2D eigenvalue weighted by molar-refractivity contribution is 5.61. The highest BCUT2D eigenvalue weighted by Gasteiger charge is 2.37. The number of hydrazine groups is 1. The standard InChI is InChI=1S/C25H23F3N6O/c26-19-3-1-17(2-4-19)11-30-21-6-8-24-18(9-21)12-33(32-24)13-25(35,14-34-16-29-15-31-34)22-7-5-20(27)10-23(22)28/h1-10,15-16,30,32,35H,11-14H2. The molecule has 0 saturated carbocycles. The molecule has 1 atom stereocenters. The monoisotopic (exact) mass is 480 g/mol. The van der Waals surface area contributed by atoms with E-state index in [1.54, 1.807) is 17.1 Å². The average Bonchev–Trinajstić information content (AvgIpc) is 3.47. The van der Waals surface area contributed by atoms with Gasteiger partial charge in [0.25, 0.3) is 0 Å². The molecule has 35 heavy (non-hydrogen) atoms. The molecule has 2 heterocycles. The lowest BCUT2D eigenvalue weighted by atomic mass is 9.92. The molecular weight excluding hydrogens is 457 g/mol. The zero-order valence-corrected chi connectivity index (χ0v) is 18.6. The Hall–Kier alpha value is -3.89. The number of fused-ring (bicyclic) bond motifs is 1. The van der Waals surface area contributed by atoms with Crippen molar-refractivity contribution in [3.63, 3.8) is 0 Å². The van der Waals surface area contributed by atoms with Crippen molar-refractivity contribution in [1.29, 1.82) is 0 Å². The Kier molecular flexibility index (Phi) is 6.14. The van der Waals surface area contributed by atoms with Gasteiger partial charge in [0.1, 0.15) is 35.7 Å². The van der Waals surface area contributed by atoms with E-state index in [0.717, 1.165) is 34.6 Å². The maximum absolute atomic E-state index is 14.7. The first-order chi connectivity index (χ1) is 16.9. The maximum Gasteiger partial charge on any atom is 0.137 e. The van der Waals surface area contributed by atoms with Gasteiger partial charge in [-0.25, -0.2) is 27.8 Å². The number of aromatic nitrogens is 3. The minimum Gasteiger partial charge on any atom is -0.382 e. The number of hydrogen-bond acceptors (Lipinski definition) is 6. The second-order valence-corrected chi connectivity index (χ2v) is 8.57. The Morgan fingerprint density at radius 1 is 0.971 bits per heavy atom. The third kappa shape index (κ3) is 5.13. The Morgan fingerprint density at radius 2 is 1.77 bits per heavy atom. The fourth-order valence-electron chi connectivity index (χ4n) is 4.25. The van der Waals surface area contributed by atoms with E-state index in [4.69, 9.17) is 0 Å². The van der Waals surface area contributed by atoms with E-state index in [1.165, 1.54) is 35.5 Å².